The molecule has 0 unspecified atom stereocenters. The lowest BCUT2D eigenvalue weighted by Gasteiger charge is -2.36. The molecule has 5 heteroatoms. The van der Waals surface area contributed by atoms with Gasteiger partial charge in [0.15, 0.2) is 0 Å². The van der Waals surface area contributed by atoms with Gasteiger partial charge in [0.25, 0.3) is 0 Å². The van der Waals surface area contributed by atoms with E-state index in [0.29, 0.717) is 34.4 Å². The molecule has 2 atom stereocenters. The van der Waals surface area contributed by atoms with Gasteiger partial charge in [0.2, 0.25) is 0 Å². The van der Waals surface area contributed by atoms with E-state index in [9.17, 15) is 8.78 Å². The number of nitrogens with zero attached hydrogens (tertiary/aromatic N) is 1. The molecule has 0 fully saturated rings. The molecular weight excluding hydrogens is 315 g/mol. The SMILES string of the molecule is F[C@@H]1CC[C@H](F)C2=C1C=CCN2Cc1cccc(Cl)c1Cl. The van der Waals surface area contributed by atoms with Gasteiger partial charge in [-0.05, 0) is 24.5 Å². The number of halogens is 4. The molecule has 0 aromatic heterocycles. The van der Waals surface area contributed by atoms with Crippen LogP contribution in [0.15, 0.2) is 41.6 Å². The molecule has 112 valence electrons. The molecule has 0 saturated heterocycles. The summed E-state index contributed by atoms with van der Waals surface area (Å²) in [5.74, 6) is 0. The lowest BCUT2D eigenvalue weighted by atomic mass is 9.90. The summed E-state index contributed by atoms with van der Waals surface area (Å²) in [6.45, 7) is 0.977. The largest absolute Gasteiger partial charge is 0.364 e. The first-order valence-electron chi connectivity index (χ1n) is 6.94. The third-order valence-corrected chi connectivity index (χ3v) is 4.82. The van der Waals surface area contributed by atoms with Crippen molar-refractivity contribution in [2.45, 2.75) is 31.7 Å². The molecule has 1 aromatic carbocycles. The van der Waals surface area contributed by atoms with E-state index in [2.05, 4.69) is 0 Å². The van der Waals surface area contributed by atoms with Crippen molar-refractivity contribution in [3.8, 4) is 0 Å². The van der Waals surface area contributed by atoms with Gasteiger partial charge in [-0.25, -0.2) is 8.78 Å². The Bertz CT molecular complexity index is 612. The Balaban J connectivity index is 1.92. The first-order valence-corrected chi connectivity index (χ1v) is 7.70. The van der Waals surface area contributed by atoms with E-state index in [1.165, 1.54) is 0 Å². The van der Waals surface area contributed by atoms with E-state index in [0.717, 1.165) is 5.56 Å². The third-order valence-electron chi connectivity index (χ3n) is 3.96. The van der Waals surface area contributed by atoms with Crippen LogP contribution in [0.2, 0.25) is 10.0 Å². The second kappa shape index (κ2) is 5.98. The van der Waals surface area contributed by atoms with Crippen molar-refractivity contribution < 1.29 is 8.78 Å². The van der Waals surface area contributed by atoms with Gasteiger partial charge in [0.05, 0.1) is 15.7 Å². The maximum atomic E-state index is 14.3. The van der Waals surface area contributed by atoms with Gasteiger partial charge in [-0.3, -0.25) is 0 Å². The van der Waals surface area contributed by atoms with Gasteiger partial charge in [-0.15, -0.1) is 0 Å². The summed E-state index contributed by atoms with van der Waals surface area (Å²) in [5, 5.41) is 0.943. The van der Waals surface area contributed by atoms with Crippen LogP contribution in [0.3, 0.4) is 0 Å². The molecule has 21 heavy (non-hydrogen) atoms. The molecular formula is C16H15Cl2F2N. The molecule has 0 N–H and O–H groups in total. The molecule has 1 nitrogen and oxygen atoms in total. The van der Waals surface area contributed by atoms with Crippen LogP contribution < -0.4 is 0 Å². The molecule has 1 aliphatic carbocycles. The van der Waals surface area contributed by atoms with E-state index in [4.69, 9.17) is 23.2 Å². The fourth-order valence-corrected chi connectivity index (χ4v) is 3.31. The number of hydrogen-bond donors (Lipinski definition) is 0. The first kappa shape index (κ1) is 14.9. The fraction of sp³-hybridized carbons (Fsp3) is 0.375. The van der Waals surface area contributed by atoms with Gasteiger partial charge in [-0.1, -0.05) is 47.5 Å². The summed E-state index contributed by atoms with van der Waals surface area (Å²) in [6, 6.07) is 5.38. The summed E-state index contributed by atoms with van der Waals surface area (Å²) in [5.41, 5.74) is 1.75. The summed E-state index contributed by atoms with van der Waals surface area (Å²) in [4.78, 5) is 1.85. The Hall–Kier alpha value is -1.06. The lowest BCUT2D eigenvalue weighted by Crippen LogP contribution is -2.36. The Labute approximate surface area is 132 Å². The third kappa shape index (κ3) is 2.82. The zero-order valence-corrected chi connectivity index (χ0v) is 12.8. The number of hydrogen-bond acceptors (Lipinski definition) is 1. The quantitative estimate of drug-likeness (QED) is 0.730. The van der Waals surface area contributed by atoms with E-state index in [1.807, 2.05) is 23.1 Å². The van der Waals surface area contributed by atoms with E-state index < -0.39 is 12.3 Å². The highest BCUT2D eigenvalue weighted by molar-refractivity contribution is 6.42. The molecule has 0 amide bonds. The summed E-state index contributed by atoms with van der Waals surface area (Å²) >= 11 is 12.2. The first-order chi connectivity index (χ1) is 10.1. The zero-order valence-electron chi connectivity index (χ0n) is 11.3. The molecule has 1 heterocycles. The molecule has 0 bridgehead atoms. The minimum Gasteiger partial charge on any atom is -0.364 e. The fourth-order valence-electron chi connectivity index (χ4n) is 2.93. The van der Waals surface area contributed by atoms with Crippen molar-refractivity contribution in [1.29, 1.82) is 0 Å². The predicted molar refractivity (Wildman–Crippen MR) is 82.1 cm³/mol. The van der Waals surface area contributed by atoms with E-state index in [-0.39, 0.29) is 12.8 Å². The monoisotopic (exact) mass is 329 g/mol. The molecule has 0 radical (unpaired) electrons. The lowest BCUT2D eigenvalue weighted by molar-refractivity contribution is 0.201. The molecule has 0 spiro atoms. The Morgan fingerprint density at radius 2 is 1.90 bits per heavy atom. The molecule has 3 rings (SSSR count). The Morgan fingerprint density at radius 3 is 2.71 bits per heavy atom. The van der Waals surface area contributed by atoms with Crippen LogP contribution in [0.1, 0.15) is 18.4 Å². The number of rotatable bonds is 2. The predicted octanol–water partition coefficient (Wildman–Crippen LogP) is 5.09. The van der Waals surface area contributed by atoms with Crippen molar-refractivity contribution in [3.05, 3.63) is 57.2 Å². The van der Waals surface area contributed by atoms with Crippen LogP contribution in [0, 0.1) is 0 Å². The number of benzene rings is 1. The van der Waals surface area contributed by atoms with Crippen LogP contribution in [0.25, 0.3) is 0 Å². The minimum absolute atomic E-state index is 0.230. The summed E-state index contributed by atoms with van der Waals surface area (Å²) in [7, 11) is 0. The van der Waals surface area contributed by atoms with E-state index in [1.54, 1.807) is 12.1 Å². The number of allylic oxidation sites excluding steroid dienone is 3. The summed E-state index contributed by atoms with van der Waals surface area (Å²) in [6.07, 6.45) is 1.85. The molecule has 1 aliphatic heterocycles. The molecule has 1 aromatic rings. The van der Waals surface area contributed by atoms with Crippen molar-refractivity contribution >= 4 is 23.2 Å². The standard InChI is InChI=1S/C16H15Cl2F2N/c17-12-5-1-3-10(15(12)18)9-21-8-2-4-11-13(19)6-7-14(20)16(11)21/h1-5,13-14H,6-9H2/t13-,14+/m1/s1. The topological polar surface area (TPSA) is 3.24 Å². The van der Waals surface area contributed by atoms with Gasteiger partial charge in [0.1, 0.15) is 12.3 Å². The maximum Gasteiger partial charge on any atom is 0.140 e. The molecule has 2 aliphatic rings. The normalized spacial score (nSPS) is 25.2. The number of alkyl halides is 2. The Kier molecular flexibility index (Phi) is 4.23. The van der Waals surface area contributed by atoms with Crippen LogP contribution in [0.4, 0.5) is 8.78 Å². The molecule has 0 saturated carbocycles. The second-order valence-corrected chi connectivity index (χ2v) is 6.13. The smallest absolute Gasteiger partial charge is 0.140 e. The van der Waals surface area contributed by atoms with Gasteiger partial charge < -0.3 is 4.90 Å². The van der Waals surface area contributed by atoms with Crippen molar-refractivity contribution in [2.24, 2.45) is 0 Å². The van der Waals surface area contributed by atoms with E-state index >= 15 is 0 Å². The van der Waals surface area contributed by atoms with Crippen LogP contribution in [-0.2, 0) is 6.54 Å². The second-order valence-electron chi connectivity index (χ2n) is 5.35. The van der Waals surface area contributed by atoms with Gasteiger partial charge in [0, 0.05) is 18.7 Å². The van der Waals surface area contributed by atoms with Crippen molar-refractivity contribution in [2.75, 3.05) is 6.54 Å². The van der Waals surface area contributed by atoms with Crippen LogP contribution in [0.5, 0.6) is 0 Å². The van der Waals surface area contributed by atoms with Crippen molar-refractivity contribution in [3.63, 3.8) is 0 Å². The average Bonchev–Trinajstić information content (AvgIpc) is 2.48. The van der Waals surface area contributed by atoms with Crippen LogP contribution in [-0.4, -0.2) is 23.8 Å². The summed E-state index contributed by atoms with van der Waals surface area (Å²) < 4.78 is 28.3. The van der Waals surface area contributed by atoms with Gasteiger partial charge >= 0.3 is 0 Å². The van der Waals surface area contributed by atoms with Crippen molar-refractivity contribution in [1.82, 2.24) is 4.90 Å². The highest BCUT2D eigenvalue weighted by atomic mass is 35.5. The highest BCUT2D eigenvalue weighted by Crippen LogP contribution is 2.36. The minimum atomic E-state index is -1.12. The maximum absolute atomic E-state index is 14.3. The zero-order chi connectivity index (χ0) is 15.0. The Morgan fingerprint density at radius 1 is 1.14 bits per heavy atom. The highest BCUT2D eigenvalue weighted by Gasteiger charge is 2.33. The van der Waals surface area contributed by atoms with Crippen LogP contribution >= 0.6 is 23.2 Å². The average molecular weight is 330 g/mol. The van der Waals surface area contributed by atoms with Gasteiger partial charge in [-0.2, -0.15) is 0 Å².